The molecule has 0 heterocycles. The lowest BCUT2D eigenvalue weighted by atomic mass is 10.0. The van der Waals surface area contributed by atoms with E-state index in [2.05, 4.69) is 36.5 Å². The van der Waals surface area contributed by atoms with Gasteiger partial charge in [0.25, 0.3) is 0 Å². The van der Waals surface area contributed by atoms with Crippen LogP contribution in [0.5, 0.6) is 0 Å². The van der Waals surface area contributed by atoms with Gasteiger partial charge >= 0.3 is 0 Å². The molecular weight excluding hydrogens is 224 g/mol. The average Bonchev–Trinajstić information content (AvgIpc) is 2.36. The Morgan fingerprint density at radius 1 is 1.28 bits per heavy atom. The maximum Gasteiger partial charge on any atom is 0.223 e. The molecule has 0 spiro atoms. The van der Waals surface area contributed by atoms with Crippen LogP contribution in [0.3, 0.4) is 0 Å². The SMILES string of the molecule is Cc1ccc(C(C)NC(=O)C(C)CCCN)cc1. The third kappa shape index (κ3) is 4.49. The van der Waals surface area contributed by atoms with E-state index in [1.165, 1.54) is 5.56 Å². The van der Waals surface area contributed by atoms with Crippen molar-refractivity contribution in [2.75, 3.05) is 6.54 Å². The van der Waals surface area contributed by atoms with Gasteiger partial charge in [0, 0.05) is 5.92 Å². The number of carbonyl (C=O) groups is 1. The van der Waals surface area contributed by atoms with Crippen molar-refractivity contribution in [3.63, 3.8) is 0 Å². The van der Waals surface area contributed by atoms with E-state index in [0.29, 0.717) is 6.54 Å². The molecular formula is C15H24N2O. The Labute approximate surface area is 110 Å². The summed E-state index contributed by atoms with van der Waals surface area (Å²) in [4.78, 5) is 11.9. The van der Waals surface area contributed by atoms with Crippen LogP contribution in [0.2, 0.25) is 0 Å². The number of rotatable bonds is 6. The van der Waals surface area contributed by atoms with E-state index in [1.54, 1.807) is 0 Å². The lowest BCUT2D eigenvalue weighted by Crippen LogP contribution is -2.31. The Bertz CT molecular complexity index is 373. The molecule has 0 aromatic heterocycles. The van der Waals surface area contributed by atoms with Gasteiger partial charge < -0.3 is 11.1 Å². The van der Waals surface area contributed by atoms with Crippen LogP contribution in [-0.2, 0) is 4.79 Å². The van der Waals surface area contributed by atoms with E-state index >= 15 is 0 Å². The molecule has 0 fully saturated rings. The largest absolute Gasteiger partial charge is 0.349 e. The Morgan fingerprint density at radius 3 is 2.44 bits per heavy atom. The second kappa shape index (κ2) is 7.17. The minimum Gasteiger partial charge on any atom is -0.349 e. The fourth-order valence-corrected chi connectivity index (χ4v) is 1.85. The van der Waals surface area contributed by atoms with E-state index in [0.717, 1.165) is 18.4 Å². The van der Waals surface area contributed by atoms with Crippen molar-refractivity contribution in [2.24, 2.45) is 11.7 Å². The topological polar surface area (TPSA) is 55.1 Å². The molecule has 0 aliphatic rings. The summed E-state index contributed by atoms with van der Waals surface area (Å²) >= 11 is 0. The summed E-state index contributed by atoms with van der Waals surface area (Å²) in [7, 11) is 0. The number of hydrogen-bond acceptors (Lipinski definition) is 2. The van der Waals surface area contributed by atoms with Gasteiger partial charge in [0.15, 0.2) is 0 Å². The Kier molecular flexibility index (Phi) is 5.86. The molecule has 100 valence electrons. The van der Waals surface area contributed by atoms with E-state index in [-0.39, 0.29) is 17.9 Å². The van der Waals surface area contributed by atoms with Crippen molar-refractivity contribution < 1.29 is 4.79 Å². The zero-order valence-corrected chi connectivity index (χ0v) is 11.6. The van der Waals surface area contributed by atoms with Gasteiger partial charge in [0.1, 0.15) is 0 Å². The molecule has 2 unspecified atom stereocenters. The number of carbonyl (C=O) groups excluding carboxylic acids is 1. The molecule has 3 N–H and O–H groups in total. The van der Waals surface area contributed by atoms with Gasteiger partial charge in [-0.25, -0.2) is 0 Å². The van der Waals surface area contributed by atoms with Gasteiger partial charge in [0.05, 0.1) is 6.04 Å². The van der Waals surface area contributed by atoms with Gasteiger partial charge in [-0.05, 0) is 38.8 Å². The minimum absolute atomic E-state index is 0.0291. The van der Waals surface area contributed by atoms with Gasteiger partial charge in [-0.1, -0.05) is 36.8 Å². The van der Waals surface area contributed by atoms with Crippen molar-refractivity contribution in [3.8, 4) is 0 Å². The number of amides is 1. The zero-order valence-electron chi connectivity index (χ0n) is 11.6. The van der Waals surface area contributed by atoms with Crippen LogP contribution < -0.4 is 11.1 Å². The monoisotopic (exact) mass is 248 g/mol. The molecule has 0 saturated carbocycles. The van der Waals surface area contributed by atoms with Crippen LogP contribution in [0.25, 0.3) is 0 Å². The van der Waals surface area contributed by atoms with Crippen LogP contribution in [0.1, 0.15) is 43.9 Å². The summed E-state index contributed by atoms with van der Waals surface area (Å²) in [5.74, 6) is 0.137. The quantitative estimate of drug-likeness (QED) is 0.813. The molecule has 1 aromatic carbocycles. The first-order valence-electron chi connectivity index (χ1n) is 6.61. The highest BCUT2D eigenvalue weighted by molar-refractivity contribution is 5.78. The first kappa shape index (κ1) is 14.7. The maximum absolute atomic E-state index is 11.9. The highest BCUT2D eigenvalue weighted by atomic mass is 16.1. The van der Waals surface area contributed by atoms with Crippen molar-refractivity contribution in [3.05, 3.63) is 35.4 Å². The Hall–Kier alpha value is -1.35. The standard InChI is InChI=1S/C15H24N2O/c1-11-6-8-14(9-7-11)13(3)17-15(18)12(2)5-4-10-16/h6-9,12-13H,4-5,10,16H2,1-3H3,(H,17,18). The summed E-state index contributed by atoms with van der Waals surface area (Å²) < 4.78 is 0. The number of hydrogen-bond donors (Lipinski definition) is 2. The maximum atomic E-state index is 11.9. The predicted octanol–water partition coefficient (Wildman–Crippen LogP) is 2.55. The van der Waals surface area contributed by atoms with E-state index in [1.807, 2.05) is 13.8 Å². The van der Waals surface area contributed by atoms with Crippen LogP contribution in [0, 0.1) is 12.8 Å². The number of nitrogens with one attached hydrogen (secondary N) is 1. The third-order valence-corrected chi connectivity index (χ3v) is 3.22. The fourth-order valence-electron chi connectivity index (χ4n) is 1.85. The van der Waals surface area contributed by atoms with Gasteiger partial charge in [-0.2, -0.15) is 0 Å². The minimum atomic E-state index is 0.0291. The Morgan fingerprint density at radius 2 is 1.89 bits per heavy atom. The molecule has 3 nitrogen and oxygen atoms in total. The number of benzene rings is 1. The molecule has 1 aromatic rings. The van der Waals surface area contributed by atoms with Gasteiger partial charge in [-0.15, -0.1) is 0 Å². The zero-order chi connectivity index (χ0) is 13.5. The first-order chi connectivity index (χ1) is 8.54. The smallest absolute Gasteiger partial charge is 0.223 e. The summed E-state index contributed by atoms with van der Waals surface area (Å²) in [5.41, 5.74) is 7.82. The molecule has 3 heteroatoms. The highest BCUT2D eigenvalue weighted by Crippen LogP contribution is 2.14. The van der Waals surface area contributed by atoms with Crippen LogP contribution in [0.4, 0.5) is 0 Å². The average molecular weight is 248 g/mol. The van der Waals surface area contributed by atoms with E-state index < -0.39 is 0 Å². The molecule has 0 saturated heterocycles. The van der Waals surface area contributed by atoms with Crippen molar-refractivity contribution >= 4 is 5.91 Å². The Balaban J connectivity index is 2.51. The summed E-state index contributed by atoms with van der Waals surface area (Å²) in [6, 6.07) is 8.31. The van der Waals surface area contributed by atoms with Crippen molar-refractivity contribution in [1.82, 2.24) is 5.32 Å². The first-order valence-corrected chi connectivity index (χ1v) is 6.61. The molecule has 0 aliphatic heterocycles. The van der Waals surface area contributed by atoms with Crippen molar-refractivity contribution in [1.29, 1.82) is 0 Å². The van der Waals surface area contributed by atoms with Gasteiger partial charge in [-0.3, -0.25) is 4.79 Å². The van der Waals surface area contributed by atoms with Crippen LogP contribution in [-0.4, -0.2) is 12.5 Å². The second-order valence-electron chi connectivity index (χ2n) is 4.97. The summed E-state index contributed by atoms with van der Waals surface area (Å²) in [6.45, 7) is 6.66. The molecule has 0 bridgehead atoms. The fraction of sp³-hybridized carbons (Fsp3) is 0.533. The van der Waals surface area contributed by atoms with E-state index in [4.69, 9.17) is 5.73 Å². The molecule has 1 amide bonds. The van der Waals surface area contributed by atoms with E-state index in [9.17, 15) is 4.79 Å². The lowest BCUT2D eigenvalue weighted by molar-refractivity contribution is -0.125. The number of aryl methyl sites for hydroxylation is 1. The lowest BCUT2D eigenvalue weighted by Gasteiger charge is -2.18. The van der Waals surface area contributed by atoms with Crippen LogP contribution >= 0.6 is 0 Å². The highest BCUT2D eigenvalue weighted by Gasteiger charge is 2.15. The van der Waals surface area contributed by atoms with Crippen LogP contribution in [0.15, 0.2) is 24.3 Å². The normalized spacial score (nSPS) is 14.0. The van der Waals surface area contributed by atoms with Gasteiger partial charge in [0.2, 0.25) is 5.91 Å². The second-order valence-corrected chi connectivity index (χ2v) is 4.97. The summed E-state index contributed by atoms with van der Waals surface area (Å²) in [6.07, 6.45) is 1.75. The van der Waals surface area contributed by atoms with Crippen molar-refractivity contribution in [2.45, 2.75) is 39.7 Å². The molecule has 18 heavy (non-hydrogen) atoms. The number of nitrogens with two attached hydrogens (primary N) is 1. The molecule has 2 atom stereocenters. The molecule has 1 rings (SSSR count). The third-order valence-electron chi connectivity index (χ3n) is 3.22. The summed E-state index contributed by atoms with van der Waals surface area (Å²) in [5, 5.41) is 3.04. The molecule has 0 aliphatic carbocycles. The molecule has 0 radical (unpaired) electrons. The predicted molar refractivity (Wildman–Crippen MR) is 75.2 cm³/mol.